The molecule has 1 aromatic rings. The Hall–Kier alpha value is -1.58. The predicted molar refractivity (Wildman–Crippen MR) is 48.3 cm³/mol. The van der Waals surface area contributed by atoms with Crippen LogP contribution in [0.1, 0.15) is 12.0 Å². The number of fused-ring (bicyclic) bond motifs is 1. The zero-order valence-corrected chi connectivity index (χ0v) is 7.50. The lowest BCUT2D eigenvalue weighted by molar-refractivity contribution is -0.119. The summed E-state index contributed by atoms with van der Waals surface area (Å²) in [5, 5.41) is 0. The lowest BCUT2D eigenvalue weighted by Gasteiger charge is -2.06. The molecule has 0 radical (unpaired) electrons. The Kier molecular flexibility index (Phi) is 2.11. The quantitative estimate of drug-likeness (QED) is 0.765. The van der Waals surface area contributed by atoms with Gasteiger partial charge in [0.25, 0.3) is 0 Å². The standard InChI is InChI=1S/C10H10FNO2/c11-7-2-1-6-3-8(5-10(12)13)14-9(6)4-7/h1-2,4,8H,3,5H2,(H2,12,13). The van der Waals surface area contributed by atoms with Gasteiger partial charge >= 0.3 is 0 Å². The third-order valence-electron chi connectivity index (χ3n) is 2.20. The Bertz CT molecular complexity index is 378. The van der Waals surface area contributed by atoms with Crippen LogP contribution >= 0.6 is 0 Å². The maximum Gasteiger partial charge on any atom is 0.221 e. The van der Waals surface area contributed by atoms with Crippen molar-refractivity contribution < 1.29 is 13.9 Å². The maximum absolute atomic E-state index is 12.8. The molecule has 2 N–H and O–H groups in total. The van der Waals surface area contributed by atoms with Crippen molar-refractivity contribution in [3.05, 3.63) is 29.6 Å². The van der Waals surface area contributed by atoms with Gasteiger partial charge < -0.3 is 10.5 Å². The molecule has 0 bridgehead atoms. The van der Waals surface area contributed by atoms with E-state index >= 15 is 0 Å². The Morgan fingerprint density at radius 2 is 2.43 bits per heavy atom. The second-order valence-corrected chi connectivity index (χ2v) is 3.37. The fourth-order valence-corrected chi connectivity index (χ4v) is 1.61. The summed E-state index contributed by atoms with van der Waals surface area (Å²) in [4.78, 5) is 10.6. The third kappa shape index (κ3) is 1.69. The van der Waals surface area contributed by atoms with Crippen molar-refractivity contribution in [2.75, 3.05) is 0 Å². The van der Waals surface area contributed by atoms with Gasteiger partial charge in [-0.3, -0.25) is 4.79 Å². The topological polar surface area (TPSA) is 52.3 Å². The molecule has 2 rings (SSSR count). The molecule has 1 amide bonds. The van der Waals surface area contributed by atoms with Crippen LogP contribution < -0.4 is 10.5 Å². The molecule has 1 unspecified atom stereocenters. The van der Waals surface area contributed by atoms with Crippen LogP contribution in [0.25, 0.3) is 0 Å². The van der Waals surface area contributed by atoms with E-state index in [9.17, 15) is 9.18 Å². The van der Waals surface area contributed by atoms with Gasteiger partial charge in [0, 0.05) is 12.5 Å². The first-order valence-electron chi connectivity index (χ1n) is 4.38. The molecule has 74 valence electrons. The number of hydrogen-bond donors (Lipinski definition) is 1. The Morgan fingerprint density at radius 3 is 3.14 bits per heavy atom. The lowest BCUT2D eigenvalue weighted by Crippen LogP contribution is -2.23. The summed E-state index contributed by atoms with van der Waals surface area (Å²) in [5.41, 5.74) is 5.97. The van der Waals surface area contributed by atoms with Crippen LogP contribution in [0.2, 0.25) is 0 Å². The van der Waals surface area contributed by atoms with E-state index in [1.54, 1.807) is 6.07 Å². The van der Waals surface area contributed by atoms with Crippen molar-refractivity contribution in [1.29, 1.82) is 0 Å². The Labute approximate surface area is 80.7 Å². The van der Waals surface area contributed by atoms with Gasteiger partial charge in [0.15, 0.2) is 0 Å². The molecule has 0 saturated carbocycles. The van der Waals surface area contributed by atoms with Gasteiger partial charge in [0.05, 0.1) is 6.42 Å². The maximum atomic E-state index is 12.8. The number of benzene rings is 1. The number of nitrogens with two attached hydrogens (primary N) is 1. The number of rotatable bonds is 2. The molecule has 0 fully saturated rings. The summed E-state index contributed by atoms with van der Waals surface area (Å²) < 4.78 is 18.1. The Balaban J connectivity index is 2.14. The van der Waals surface area contributed by atoms with E-state index in [0.717, 1.165) is 5.56 Å². The van der Waals surface area contributed by atoms with Crippen molar-refractivity contribution in [2.24, 2.45) is 5.73 Å². The van der Waals surface area contributed by atoms with Crippen LogP contribution in [0.15, 0.2) is 18.2 Å². The molecule has 4 heteroatoms. The molecular weight excluding hydrogens is 185 g/mol. The van der Waals surface area contributed by atoms with Gasteiger partial charge in [-0.15, -0.1) is 0 Å². The van der Waals surface area contributed by atoms with E-state index in [1.165, 1.54) is 12.1 Å². The first-order valence-corrected chi connectivity index (χ1v) is 4.38. The van der Waals surface area contributed by atoms with Gasteiger partial charge in [-0.05, 0) is 11.6 Å². The minimum Gasteiger partial charge on any atom is -0.489 e. The highest BCUT2D eigenvalue weighted by atomic mass is 19.1. The van der Waals surface area contributed by atoms with Crippen LogP contribution in [0.4, 0.5) is 4.39 Å². The van der Waals surface area contributed by atoms with Gasteiger partial charge in [-0.2, -0.15) is 0 Å². The molecule has 1 atom stereocenters. The van der Waals surface area contributed by atoms with E-state index in [2.05, 4.69) is 0 Å². The van der Waals surface area contributed by atoms with Crippen LogP contribution in [0.3, 0.4) is 0 Å². The highest BCUT2D eigenvalue weighted by Crippen LogP contribution is 2.30. The molecule has 1 heterocycles. The zero-order chi connectivity index (χ0) is 10.1. The average molecular weight is 195 g/mol. The van der Waals surface area contributed by atoms with Crippen LogP contribution in [0, 0.1) is 5.82 Å². The molecule has 0 aliphatic carbocycles. The monoisotopic (exact) mass is 195 g/mol. The van der Waals surface area contributed by atoms with Gasteiger partial charge in [-0.25, -0.2) is 4.39 Å². The first-order chi connectivity index (χ1) is 6.65. The minimum atomic E-state index is -0.400. The number of carbonyl (C=O) groups is 1. The summed E-state index contributed by atoms with van der Waals surface area (Å²) in [5.74, 6) is -0.206. The molecule has 1 aliphatic rings. The summed E-state index contributed by atoms with van der Waals surface area (Å²) in [6, 6.07) is 4.39. The number of hydrogen-bond acceptors (Lipinski definition) is 2. The van der Waals surface area contributed by atoms with Gasteiger partial charge in [-0.1, -0.05) is 6.07 Å². The minimum absolute atomic E-state index is 0.177. The van der Waals surface area contributed by atoms with Crippen molar-refractivity contribution in [1.82, 2.24) is 0 Å². The largest absolute Gasteiger partial charge is 0.489 e. The second-order valence-electron chi connectivity index (χ2n) is 3.37. The van der Waals surface area contributed by atoms with Crippen molar-refractivity contribution in [2.45, 2.75) is 18.9 Å². The summed E-state index contributed by atoms with van der Waals surface area (Å²) in [7, 11) is 0. The number of amides is 1. The summed E-state index contributed by atoms with van der Waals surface area (Å²) in [6.45, 7) is 0. The SMILES string of the molecule is NC(=O)CC1Cc2ccc(F)cc2O1. The van der Waals surface area contributed by atoms with Crippen molar-refractivity contribution in [3.63, 3.8) is 0 Å². The molecule has 0 aromatic heterocycles. The second kappa shape index (κ2) is 3.29. The highest BCUT2D eigenvalue weighted by molar-refractivity contribution is 5.74. The van der Waals surface area contributed by atoms with E-state index in [0.29, 0.717) is 12.2 Å². The number of carbonyl (C=O) groups excluding carboxylic acids is 1. The molecule has 0 spiro atoms. The number of halogens is 1. The van der Waals surface area contributed by atoms with Crippen molar-refractivity contribution >= 4 is 5.91 Å². The average Bonchev–Trinajstić information content (AvgIpc) is 2.44. The van der Waals surface area contributed by atoms with Crippen LogP contribution in [-0.4, -0.2) is 12.0 Å². The molecule has 1 aliphatic heterocycles. The fraction of sp³-hybridized carbons (Fsp3) is 0.300. The predicted octanol–water partition coefficient (Wildman–Crippen LogP) is 1.00. The number of primary amides is 1. The lowest BCUT2D eigenvalue weighted by atomic mass is 10.1. The van der Waals surface area contributed by atoms with Crippen molar-refractivity contribution in [3.8, 4) is 5.75 Å². The number of ether oxygens (including phenoxy) is 1. The zero-order valence-electron chi connectivity index (χ0n) is 7.50. The fourth-order valence-electron chi connectivity index (χ4n) is 1.61. The molecule has 3 nitrogen and oxygen atoms in total. The normalized spacial score (nSPS) is 18.8. The van der Waals surface area contributed by atoms with Gasteiger partial charge in [0.1, 0.15) is 17.7 Å². The van der Waals surface area contributed by atoms with E-state index in [1.807, 2.05) is 0 Å². The first kappa shape index (κ1) is 8.99. The Morgan fingerprint density at radius 1 is 1.64 bits per heavy atom. The molecule has 1 aromatic carbocycles. The molecule has 14 heavy (non-hydrogen) atoms. The van der Waals surface area contributed by atoms with E-state index in [-0.39, 0.29) is 18.3 Å². The summed E-state index contributed by atoms with van der Waals surface area (Å²) in [6.07, 6.45) is 0.568. The summed E-state index contributed by atoms with van der Waals surface area (Å²) >= 11 is 0. The molecular formula is C10H10FNO2. The van der Waals surface area contributed by atoms with Gasteiger partial charge in [0.2, 0.25) is 5.91 Å². The van der Waals surface area contributed by atoms with E-state index in [4.69, 9.17) is 10.5 Å². The smallest absolute Gasteiger partial charge is 0.221 e. The van der Waals surface area contributed by atoms with Crippen LogP contribution in [-0.2, 0) is 11.2 Å². The molecule has 0 saturated heterocycles. The van der Waals surface area contributed by atoms with Crippen LogP contribution in [0.5, 0.6) is 5.75 Å². The highest BCUT2D eigenvalue weighted by Gasteiger charge is 2.24. The van der Waals surface area contributed by atoms with E-state index < -0.39 is 5.91 Å². The third-order valence-corrected chi connectivity index (χ3v) is 2.20.